The fourth-order valence-electron chi connectivity index (χ4n) is 8.98. The molecular formula is C34H48N15O22P4S+. The van der Waals surface area contributed by atoms with E-state index in [4.69, 9.17) is 49.9 Å². The number of anilines is 3. The van der Waals surface area contributed by atoms with Gasteiger partial charge in [0, 0.05) is 25.9 Å². The molecule has 0 amide bonds. The molecule has 0 spiro atoms. The van der Waals surface area contributed by atoms with Crippen molar-refractivity contribution in [3.05, 3.63) is 46.0 Å². The fourth-order valence-corrected chi connectivity index (χ4v) is 16.8. The monoisotopic (exact) mass is 1170 g/mol. The number of aromatic nitrogens is 12. The minimum absolute atomic E-state index is 0.000374. The first-order valence-corrected chi connectivity index (χ1v) is 29.6. The highest BCUT2D eigenvalue weighted by Crippen LogP contribution is 2.72. The van der Waals surface area contributed by atoms with Crippen molar-refractivity contribution in [3.8, 4) is 0 Å². The van der Waals surface area contributed by atoms with Crippen LogP contribution in [0.15, 0.2) is 34.9 Å². The Kier molecular flexibility index (Phi) is 15.6. The van der Waals surface area contributed by atoms with Gasteiger partial charge in [0.25, 0.3) is 17.1 Å². The quantitative estimate of drug-likeness (QED) is 0.0267. The van der Waals surface area contributed by atoms with E-state index in [-0.39, 0.29) is 69.2 Å². The minimum Gasteiger partial charge on any atom is -0.387 e. The molecule has 0 saturated carbocycles. The first-order chi connectivity index (χ1) is 35.7. The summed E-state index contributed by atoms with van der Waals surface area (Å²) in [5, 5.41) is 33.3. The Morgan fingerprint density at radius 1 is 0.750 bits per heavy atom. The summed E-state index contributed by atoms with van der Waals surface area (Å²) in [5.41, 5.74) is 13.9. The summed E-state index contributed by atoms with van der Waals surface area (Å²) < 4.78 is 107. The van der Waals surface area contributed by atoms with E-state index < -0.39 is 133 Å². The van der Waals surface area contributed by atoms with Gasteiger partial charge in [0.05, 0.1) is 45.6 Å². The molecule has 76 heavy (non-hydrogen) atoms. The molecule has 16 atom stereocenters. The zero-order valence-electron chi connectivity index (χ0n) is 39.2. The van der Waals surface area contributed by atoms with Gasteiger partial charge in [-0.15, -0.1) is 0 Å². The molecule has 15 N–H and O–H groups in total. The predicted octanol–water partition coefficient (Wildman–Crippen LogP) is -3.02. The summed E-state index contributed by atoms with van der Waals surface area (Å²) in [6.07, 6.45) is -10.8. The molecule has 9 rings (SSSR count). The average Bonchev–Trinajstić information content (AvgIpc) is 4.21. The standard InChI is InChI=1S/C34H47N15O22P4S/c1-46-11-49(27-18(46)29(54)45-34(37)43-27)30-19(50)12(4-63-2)15(69-30)7-76-75(61,62)71-74(59,60)70-73(57,58)66-6-14-23(22(64-3)32(68-14)47-9-40-16-24(35)38-8-39-25(16)47)72(55,56)65-5-13-20(51)21(52)31(67-13)48-10-41-17-26(48)42-33(36)44-28(17)53/h8-15,19-23,30-32,50-52H,4-7H2,1-3H3,(H11-,35,36,37,38,39,42,43,44,45,53,54,55,56,57,58,59,60,61,62)/p+1/t12-,13-,14-,15-,19-,20-,21-,22-,23-,30-,31-,32-/m1/s1. The number of methoxy groups -OCH3 is 2. The van der Waals surface area contributed by atoms with Crippen LogP contribution in [0.2, 0.25) is 0 Å². The van der Waals surface area contributed by atoms with Gasteiger partial charge in [-0.25, -0.2) is 38.2 Å². The topological polar surface area (TPSA) is 533 Å². The summed E-state index contributed by atoms with van der Waals surface area (Å²) >= 11 is 0.000374. The van der Waals surface area contributed by atoms with E-state index in [2.05, 4.69) is 48.5 Å². The fraction of sp³-hybridized carbons (Fsp3) is 0.559. The maximum absolute atomic E-state index is 14.4. The summed E-state index contributed by atoms with van der Waals surface area (Å²) in [4.78, 5) is 97.5. The maximum atomic E-state index is 14.4. The van der Waals surface area contributed by atoms with E-state index in [1.807, 2.05) is 0 Å². The van der Waals surface area contributed by atoms with Crippen molar-refractivity contribution in [2.45, 2.75) is 67.1 Å². The Hall–Kier alpha value is -4.72. The number of rotatable bonds is 20. The second-order valence-corrected chi connectivity index (χ2v) is 26.2. The normalized spacial score (nSPS) is 30.2. The molecule has 3 fully saturated rings. The third-order valence-corrected chi connectivity index (χ3v) is 20.8. The number of H-pyrrole nitrogens is 2. The van der Waals surface area contributed by atoms with Crippen molar-refractivity contribution >= 4 is 92.6 Å². The van der Waals surface area contributed by atoms with Gasteiger partial charge < -0.3 is 80.3 Å². The highest BCUT2D eigenvalue weighted by Gasteiger charge is 2.58. The van der Waals surface area contributed by atoms with Crippen molar-refractivity contribution < 1.29 is 99.1 Å². The van der Waals surface area contributed by atoms with E-state index >= 15 is 0 Å². The van der Waals surface area contributed by atoms with Gasteiger partial charge in [0.15, 0.2) is 41.4 Å². The number of nitrogen functional groups attached to an aromatic ring is 3. The molecule has 4 unspecified atom stereocenters. The number of phosphoric ester groups is 1. The molecule has 37 nitrogen and oxygen atoms in total. The predicted molar refractivity (Wildman–Crippen MR) is 254 cm³/mol. The smallest absolute Gasteiger partial charge is 0.387 e. The Labute approximate surface area is 427 Å². The highest BCUT2D eigenvalue weighted by atomic mass is 32.7. The number of ether oxygens (including phenoxy) is 5. The van der Waals surface area contributed by atoms with Crippen LogP contribution in [0.1, 0.15) is 18.7 Å². The lowest BCUT2D eigenvalue weighted by molar-refractivity contribution is -0.745. The van der Waals surface area contributed by atoms with Gasteiger partial charge in [0.2, 0.25) is 17.7 Å². The molecule has 6 aromatic heterocycles. The van der Waals surface area contributed by atoms with E-state index in [0.717, 1.165) is 30.7 Å². The molecule has 0 aromatic carbocycles. The van der Waals surface area contributed by atoms with Gasteiger partial charge in [0.1, 0.15) is 54.1 Å². The first-order valence-electron chi connectivity index (χ1n) is 21.8. The number of phosphoric acid groups is 2. The van der Waals surface area contributed by atoms with Crippen molar-refractivity contribution in [1.82, 2.24) is 53.6 Å². The van der Waals surface area contributed by atoms with E-state index in [1.165, 1.54) is 34.2 Å². The summed E-state index contributed by atoms with van der Waals surface area (Å²) in [7, 11) is -13.4. The minimum atomic E-state index is -6.09. The Morgan fingerprint density at radius 3 is 2.12 bits per heavy atom. The van der Waals surface area contributed by atoms with E-state index in [0.29, 0.717) is 0 Å². The van der Waals surface area contributed by atoms with Gasteiger partial charge in [-0.2, -0.15) is 13.6 Å². The van der Waals surface area contributed by atoms with E-state index in [9.17, 15) is 62.7 Å². The lowest BCUT2D eigenvalue weighted by atomic mass is 10.00. The van der Waals surface area contributed by atoms with Crippen LogP contribution in [0.5, 0.6) is 0 Å². The number of aliphatic hydroxyl groups is 3. The van der Waals surface area contributed by atoms with E-state index in [1.54, 1.807) is 0 Å². The maximum Gasteiger partial charge on any atom is 0.488 e. The third-order valence-electron chi connectivity index (χ3n) is 12.3. The number of hydrogen-bond acceptors (Lipinski definition) is 28. The molecule has 3 aliphatic heterocycles. The Balaban J connectivity index is 0.888. The number of fused-ring (bicyclic) bond motifs is 3. The van der Waals surface area contributed by atoms with Crippen LogP contribution in [0.3, 0.4) is 0 Å². The van der Waals surface area contributed by atoms with Crippen molar-refractivity contribution in [2.24, 2.45) is 13.0 Å². The zero-order valence-corrected chi connectivity index (χ0v) is 43.6. The summed E-state index contributed by atoms with van der Waals surface area (Å²) in [5.74, 6) is -2.12. The van der Waals surface area contributed by atoms with Crippen LogP contribution in [0, 0.1) is 5.92 Å². The first kappa shape index (κ1) is 56.0. The second-order valence-electron chi connectivity index (χ2n) is 17.1. The molecule has 9 heterocycles. The molecule has 0 radical (unpaired) electrons. The molecule has 3 saturated heterocycles. The average molecular weight is 1170 g/mol. The number of nitrogens with two attached hydrogens (primary N) is 3. The second kappa shape index (κ2) is 21.2. The lowest BCUT2D eigenvalue weighted by Crippen LogP contribution is -2.45. The van der Waals surface area contributed by atoms with Gasteiger partial charge in [-0.05, 0) is 11.4 Å². The molecule has 6 aromatic rings. The molecule has 42 heteroatoms. The number of imidazole rings is 3. The Bertz CT molecular complexity index is 3490. The van der Waals surface area contributed by atoms with Crippen LogP contribution in [0.25, 0.3) is 33.5 Å². The van der Waals surface area contributed by atoms with Crippen LogP contribution in [0.4, 0.5) is 17.7 Å². The van der Waals surface area contributed by atoms with Crippen LogP contribution in [-0.2, 0) is 66.7 Å². The zero-order chi connectivity index (χ0) is 55.0. The molecule has 0 aliphatic carbocycles. The number of nitrogens with zero attached hydrogens (tertiary/aromatic N) is 10. The van der Waals surface area contributed by atoms with Crippen LogP contribution < -0.4 is 32.9 Å². The number of aromatic amines is 2. The van der Waals surface area contributed by atoms with Crippen molar-refractivity contribution in [2.75, 3.05) is 57.0 Å². The Morgan fingerprint density at radius 2 is 1.41 bits per heavy atom. The lowest BCUT2D eigenvalue weighted by Gasteiger charge is -2.28. The third kappa shape index (κ3) is 10.9. The van der Waals surface area contributed by atoms with Gasteiger partial charge in [-0.3, -0.25) is 42.3 Å². The molecule has 0 bridgehead atoms. The van der Waals surface area contributed by atoms with Gasteiger partial charge >= 0.3 is 35.7 Å². The summed E-state index contributed by atoms with van der Waals surface area (Å²) in [6.45, 7) is -7.78. The highest BCUT2D eigenvalue weighted by molar-refractivity contribution is 8.55. The largest absolute Gasteiger partial charge is 0.488 e. The van der Waals surface area contributed by atoms with Crippen LogP contribution in [-0.4, -0.2) is 177 Å². The number of aliphatic hydroxyl groups excluding tert-OH is 3. The summed E-state index contributed by atoms with van der Waals surface area (Å²) in [6, 6.07) is 0. The molecule has 3 aliphatic rings. The van der Waals surface area contributed by atoms with Crippen molar-refractivity contribution in [1.29, 1.82) is 0 Å². The number of aryl methyl sites for hydroxylation is 1. The van der Waals surface area contributed by atoms with Crippen LogP contribution >= 0.6 is 41.4 Å². The van der Waals surface area contributed by atoms with Crippen molar-refractivity contribution in [3.63, 3.8) is 0 Å². The number of nitrogens with one attached hydrogen (secondary N) is 2. The molecule has 416 valence electrons. The van der Waals surface area contributed by atoms with Gasteiger partial charge in [-0.1, -0.05) is 4.98 Å². The molecular weight excluding hydrogens is 1130 g/mol. The SMILES string of the molecule is COC[C@H]1[C@@H](O)[C@H]([n+]2cn(C)c3c(=O)[nH]c(N)nc32)O[C@@H]1CSP(=O)(O)OP(=O)(O)OP(=O)(O)OC[C@H]1O[C@@H](n2cnc3c(N)ncnc32)[C@H](OC)[C@@H]1P(=O)(O)OC[C@H]1O[C@@H](n2cnc3c(=O)[nH]c(N)nc32)[C@H](O)[C@@H]1O. The number of hydrogen-bond donors (Lipinski definition) is 12.